The summed E-state index contributed by atoms with van der Waals surface area (Å²) in [5.41, 5.74) is 7.40. The van der Waals surface area contributed by atoms with E-state index in [0.717, 1.165) is 30.6 Å². The lowest BCUT2D eigenvalue weighted by molar-refractivity contribution is 0.0554. The summed E-state index contributed by atoms with van der Waals surface area (Å²) >= 11 is 0. The lowest BCUT2D eigenvalue weighted by atomic mass is 10.0. The zero-order valence-electron chi connectivity index (χ0n) is 22.7. The third-order valence-corrected chi connectivity index (χ3v) is 9.35. The minimum Gasteiger partial charge on any atom is -0.446 e. The predicted octanol–water partition coefficient (Wildman–Crippen LogP) is 3.06. The molecule has 2 fully saturated rings. The first kappa shape index (κ1) is 29.5. The number of ether oxygens (including phenoxy) is 2. The Morgan fingerprint density at radius 3 is 2.46 bits per heavy atom. The molecule has 39 heavy (non-hydrogen) atoms. The molecule has 5 atom stereocenters. The zero-order valence-corrected chi connectivity index (χ0v) is 23.6. The summed E-state index contributed by atoms with van der Waals surface area (Å²) in [7, 11) is -3.90. The monoisotopic (exact) mass is 559 g/mol. The van der Waals surface area contributed by atoms with Crippen molar-refractivity contribution >= 4 is 16.1 Å². The molecule has 2 aliphatic rings. The third kappa shape index (κ3) is 7.79. The Balaban J connectivity index is 1.49. The van der Waals surface area contributed by atoms with E-state index in [9.17, 15) is 18.3 Å². The van der Waals surface area contributed by atoms with Crippen molar-refractivity contribution in [3.63, 3.8) is 0 Å². The van der Waals surface area contributed by atoms with Gasteiger partial charge in [0.25, 0.3) is 0 Å². The van der Waals surface area contributed by atoms with Crippen molar-refractivity contribution in [1.29, 1.82) is 0 Å². The van der Waals surface area contributed by atoms with Crippen molar-refractivity contribution in [2.75, 3.05) is 19.7 Å². The first-order valence-electron chi connectivity index (χ1n) is 13.8. The summed E-state index contributed by atoms with van der Waals surface area (Å²) < 4.78 is 39.9. The number of alkyl carbamates (subject to hydrolysis) is 1. The Morgan fingerprint density at radius 2 is 1.82 bits per heavy atom. The van der Waals surface area contributed by atoms with Crippen LogP contribution in [0.1, 0.15) is 44.2 Å². The Morgan fingerprint density at radius 1 is 1.10 bits per heavy atom. The van der Waals surface area contributed by atoms with Crippen LogP contribution in [0.3, 0.4) is 0 Å². The quantitative estimate of drug-likeness (QED) is 0.364. The van der Waals surface area contributed by atoms with Crippen molar-refractivity contribution in [2.45, 2.75) is 75.3 Å². The van der Waals surface area contributed by atoms with Crippen molar-refractivity contribution in [2.24, 2.45) is 17.6 Å². The van der Waals surface area contributed by atoms with Crippen LogP contribution >= 0.6 is 0 Å². The maximum atomic E-state index is 13.6. The fourth-order valence-electron chi connectivity index (χ4n) is 5.46. The molecule has 1 aliphatic carbocycles. The number of carbonyl (C=O) groups is 1. The molecule has 10 heteroatoms. The molecule has 1 saturated carbocycles. The molecule has 0 bridgehead atoms. The number of nitrogens with one attached hydrogen (secondary N) is 1. The normalized spacial score (nSPS) is 22.6. The number of nitrogens with zero attached hydrogens (tertiary/aromatic N) is 1. The molecule has 0 aromatic heterocycles. The SMILES string of the molecule is CC(C)CN(C[C@@H](O)[C@H](Cc1ccccc1)NC(=O)OC1CC2CCO[C@@H]2C1)S(=O)(=O)c1ccc(CN)cc1. The van der Waals surface area contributed by atoms with Crippen LogP contribution in [0, 0.1) is 11.8 Å². The number of hydrogen-bond acceptors (Lipinski definition) is 7. The molecule has 1 aliphatic heterocycles. The fourth-order valence-corrected chi connectivity index (χ4v) is 7.08. The molecule has 9 nitrogen and oxygen atoms in total. The van der Waals surface area contributed by atoms with Crippen molar-refractivity contribution in [3.05, 3.63) is 65.7 Å². The summed E-state index contributed by atoms with van der Waals surface area (Å²) in [5.74, 6) is 0.437. The maximum absolute atomic E-state index is 13.6. The smallest absolute Gasteiger partial charge is 0.407 e. The number of benzene rings is 2. The largest absolute Gasteiger partial charge is 0.446 e. The molecule has 1 amide bonds. The van der Waals surface area contributed by atoms with E-state index in [1.807, 2.05) is 44.2 Å². The van der Waals surface area contributed by atoms with Gasteiger partial charge in [-0.05, 0) is 54.4 Å². The molecule has 2 unspecified atom stereocenters. The highest BCUT2D eigenvalue weighted by Gasteiger charge is 2.40. The summed E-state index contributed by atoms with van der Waals surface area (Å²) in [5, 5.41) is 14.2. The van der Waals surface area contributed by atoms with Gasteiger partial charge in [0, 0.05) is 32.7 Å². The second-order valence-electron chi connectivity index (χ2n) is 11.0. The van der Waals surface area contributed by atoms with Gasteiger partial charge in [-0.1, -0.05) is 56.3 Å². The average molecular weight is 560 g/mol. The highest BCUT2D eigenvalue weighted by Crippen LogP contribution is 2.37. The molecule has 214 valence electrons. The number of fused-ring (bicyclic) bond motifs is 1. The predicted molar refractivity (Wildman–Crippen MR) is 148 cm³/mol. The van der Waals surface area contributed by atoms with Gasteiger partial charge in [-0.25, -0.2) is 13.2 Å². The average Bonchev–Trinajstić information content (AvgIpc) is 3.50. The Labute approximate surface area is 231 Å². The van der Waals surface area contributed by atoms with Crippen molar-refractivity contribution < 1.29 is 27.8 Å². The van der Waals surface area contributed by atoms with Gasteiger partial charge in [0.2, 0.25) is 10.0 Å². The second kappa shape index (κ2) is 13.2. The molecular formula is C29H41N3O6S. The lowest BCUT2D eigenvalue weighted by Gasteiger charge is -2.31. The van der Waals surface area contributed by atoms with Gasteiger partial charge in [0.1, 0.15) is 6.10 Å². The number of aliphatic hydroxyl groups excluding tert-OH is 1. The van der Waals surface area contributed by atoms with Gasteiger partial charge in [-0.15, -0.1) is 0 Å². The van der Waals surface area contributed by atoms with E-state index in [0.29, 0.717) is 25.3 Å². The lowest BCUT2D eigenvalue weighted by Crippen LogP contribution is -2.51. The molecule has 1 saturated heterocycles. The number of rotatable bonds is 12. The van der Waals surface area contributed by atoms with Gasteiger partial charge < -0.3 is 25.6 Å². The van der Waals surface area contributed by atoms with Gasteiger partial charge in [-0.3, -0.25) is 0 Å². The summed E-state index contributed by atoms with van der Waals surface area (Å²) in [6.45, 7) is 4.94. The van der Waals surface area contributed by atoms with Crippen LogP contribution in [0.25, 0.3) is 0 Å². The highest BCUT2D eigenvalue weighted by molar-refractivity contribution is 7.89. The summed E-state index contributed by atoms with van der Waals surface area (Å²) in [6.07, 6.45) is 0.858. The fraction of sp³-hybridized carbons (Fsp3) is 0.552. The molecule has 2 aromatic carbocycles. The van der Waals surface area contributed by atoms with Crippen LogP contribution in [-0.2, 0) is 32.5 Å². The van der Waals surface area contributed by atoms with E-state index < -0.39 is 28.3 Å². The number of sulfonamides is 1. The first-order valence-corrected chi connectivity index (χ1v) is 15.2. The van der Waals surface area contributed by atoms with Gasteiger partial charge in [0.15, 0.2) is 0 Å². The van der Waals surface area contributed by atoms with E-state index in [4.69, 9.17) is 15.2 Å². The molecule has 1 heterocycles. The van der Waals surface area contributed by atoms with Crippen LogP contribution in [0.4, 0.5) is 4.79 Å². The third-order valence-electron chi connectivity index (χ3n) is 7.50. The van der Waals surface area contributed by atoms with Crippen LogP contribution in [0.5, 0.6) is 0 Å². The van der Waals surface area contributed by atoms with Crippen molar-refractivity contribution in [3.8, 4) is 0 Å². The summed E-state index contributed by atoms with van der Waals surface area (Å²) in [4.78, 5) is 13.1. The molecule has 4 rings (SSSR count). The van der Waals surface area contributed by atoms with Gasteiger partial charge in [0.05, 0.1) is 23.1 Å². The minimum atomic E-state index is -3.90. The van der Waals surface area contributed by atoms with Gasteiger partial charge >= 0.3 is 6.09 Å². The highest BCUT2D eigenvalue weighted by atomic mass is 32.2. The first-order chi connectivity index (χ1) is 18.7. The Kier molecular flexibility index (Phi) is 10.0. The van der Waals surface area contributed by atoms with Gasteiger partial charge in [-0.2, -0.15) is 4.31 Å². The topological polar surface area (TPSA) is 131 Å². The van der Waals surface area contributed by atoms with E-state index in [1.54, 1.807) is 12.1 Å². The molecule has 2 aromatic rings. The second-order valence-corrected chi connectivity index (χ2v) is 13.0. The number of aliphatic hydroxyl groups is 1. The van der Waals surface area contributed by atoms with Crippen molar-refractivity contribution in [1.82, 2.24) is 9.62 Å². The number of nitrogens with two attached hydrogens (primary N) is 1. The molecule has 0 spiro atoms. The Hall–Kier alpha value is -2.50. The van der Waals surface area contributed by atoms with E-state index in [1.165, 1.54) is 16.4 Å². The van der Waals surface area contributed by atoms with Crippen LogP contribution in [0.15, 0.2) is 59.5 Å². The maximum Gasteiger partial charge on any atom is 0.407 e. The minimum absolute atomic E-state index is 0.0184. The van der Waals surface area contributed by atoms with Crippen LogP contribution < -0.4 is 11.1 Å². The number of carbonyl (C=O) groups excluding carboxylic acids is 1. The molecular weight excluding hydrogens is 518 g/mol. The standard InChI is InChI=1S/C29H41N3O6S/c1-20(2)18-32(39(35,36)25-10-8-22(17-30)9-11-25)19-27(33)26(14-21-6-4-3-5-7-21)31-29(34)38-24-15-23-12-13-37-28(23)16-24/h3-11,20,23-24,26-28,33H,12-19,30H2,1-2H3,(H,31,34)/t23?,24?,26-,27+,28+/m0/s1. The number of amides is 1. The molecule has 0 radical (unpaired) electrons. The number of hydrogen-bond donors (Lipinski definition) is 3. The van der Waals surface area contributed by atoms with E-state index in [-0.39, 0.29) is 36.1 Å². The van der Waals surface area contributed by atoms with E-state index in [2.05, 4.69) is 5.32 Å². The van der Waals surface area contributed by atoms with E-state index >= 15 is 0 Å². The summed E-state index contributed by atoms with van der Waals surface area (Å²) in [6, 6.07) is 15.2. The van der Waals surface area contributed by atoms with Crippen LogP contribution in [-0.4, -0.2) is 68.0 Å². The van der Waals surface area contributed by atoms with Crippen LogP contribution in [0.2, 0.25) is 0 Å². The Bertz CT molecular complexity index is 1160. The zero-order chi connectivity index (χ0) is 28.0. The molecule has 4 N–H and O–H groups in total.